The molecular formula is C29H28ClNO6. The zero-order chi connectivity index (χ0) is 26.7. The fraction of sp³-hybridized carbons (Fsp3) is 0.241. The Morgan fingerprint density at radius 1 is 0.973 bits per heavy atom. The molecule has 8 heteroatoms. The Morgan fingerprint density at radius 2 is 1.62 bits per heavy atom. The molecule has 0 spiro atoms. The van der Waals surface area contributed by atoms with Crippen molar-refractivity contribution in [3.8, 4) is 17.2 Å². The number of hydrogen-bond donors (Lipinski definition) is 1. The van der Waals surface area contributed by atoms with E-state index in [0.29, 0.717) is 36.0 Å². The number of aliphatic hydroxyl groups excluding tert-OH is 1. The number of aliphatic hydroxyl groups is 1. The molecule has 3 aromatic carbocycles. The Hall–Kier alpha value is -3.97. The quantitative estimate of drug-likeness (QED) is 0.220. The van der Waals surface area contributed by atoms with Gasteiger partial charge in [-0.25, -0.2) is 0 Å². The number of hydrogen-bond acceptors (Lipinski definition) is 6. The fourth-order valence-electron chi connectivity index (χ4n) is 4.50. The molecule has 1 aliphatic rings. The molecule has 1 heterocycles. The van der Waals surface area contributed by atoms with E-state index in [-0.39, 0.29) is 27.7 Å². The van der Waals surface area contributed by atoms with Crippen molar-refractivity contribution in [3.63, 3.8) is 0 Å². The summed E-state index contributed by atoms with van der Waals surface area (Å²) in [6, 6.07) is 16.5. The average Bonchev–Trinajstić information content (AvgIpc) is 3.14. The number of rotatable bonds is 8. The predicted octanol–water partition coefficient (Wildman–Crippen LogP) is 6.08. The van der Waals surface area contributed by atoms with Gasteiger partial charge in [-0.2, -0.15) is 0 Å². The van der Waals surface area contributed by atoms with E-state index >= 15 is 0 Å². The molecule has 0 bridgehead atoms. The lowest BCUT2D eigenvalue weighted by Gasteiger charge is -2.26. The number of halogens is 1. The maximum atomic E-state index is 13.5. The number of carbonyl (C=O) groups excluding carboxylic acids is 2. The first-order chi connectivity index (χ1) is 17.8. The van der Waals surface area contributed by atoms with E-state index in [2.05, 4.69) is 0 Å². The lowest BCUT2D eigenvalue weighted by molar-refractivity contribution is -0.132. The van der Waals surface area contributed by atoms with Crippen LogP contribution >= 0.6 is 11.6 Å². The molecule has 1 amide bonds. The molecule has 4 rings (SSSR count). The van der Waals surface area contributed by atoms with Crippen LogP contribution in [0.2, 0.25) is 5.02 Å². The first-order valence-electron chi connectivity index (χ1n) is 11.9. The van der Waals surface area contributed by atoms with Crippen molar-refractivity contribution in [1.29, 1.82) is 0 Å². The fourth-order valence-corrected chi connectivity index (χ4v) is 4.85. The lowest BCUT2D eigenvalue weighted by atomic mass is 9.94. The highest BCUT2D eigenvalue weighted by Crippen LogP contribution is 2.45. The van der Waals surface area contributed by atoms with Gasteiger partial charge in [-0.3, -0.25) is 14.5 Å². The van der Waals surface area contributed by atoms with Gasteiger partial charge in [0.2, 0.25) is 0 Å². The molecule has 1 N–H and O–H groups in total. The Kier molecular flexibility index (Phi) is 7.74. The van der Waals surface area contributed by atoms with Crippen molar-refractivity contribution in [2.45, 2.75) is 26.8 Å². The van der Waals surface area contributed by atoms with E-state index < -0.39 is 17.7 Å². The van der Waals surface area contributed by atoms with Crippen LogP contribution in [-0.4, -0.2) is 37.1 Å². The van der Waals surface area contributed by atoms with Gasteiger partial charge in [0.25, 0.3) is 11.7 Å². The summed E-state index contributed by atoms with van der Waals surface area (Å²) in [5.41, 5.74) is 1.93. The van der Waals surface area contributed by atoms with Crippen molar-refractivity contribution < 1.29 is 28.9 Å². The molecule has 0 saturated carbocycles. The first-order valence-corrected chi connectivity index (χ1v) is 12.3. The normalized spacial score (nSPS) is 16.7. The Labute approximate surface area is 220 Å². The van der Waals surface area contributed by atoms with Gasteiger partial charge in [0, 0.05) is 11.8 Å². The number of benzene rings is 3. The maximum absolute atomic E-state index is 13.5. The molecule has 1 atom stereocenters. The summed E-state index contributed by atoms with van der Waals surface area (Å²) in [6.07, 6.45) is 0. The molecule has 7 nitrogen and oxygen atoms in total. The number of methoxy groups -OCH3 is 1. The molecular weight excluding hydrogens is 494 g/mol. The largest absolute Gasteiger partial charge is 0.507 e. The van der Waals surface area contributed by atoms with E-state index in [9.17, 15) is 14.7 Å². The monoisotopic (exact) mass is 521 g/mol. The summed E-state index contributed by atoms with van der Waals surface area (Å²) >= 11 is 6.38. The van der Waals surface area contributed by atoms with Gasteiger partial charge in [0.1, 0.15) is 23.0 Å². The van der Waals surface area contributed by atoms with Crippen LogP contribution in [0, 0.1) is 6.92 Å². The minimum absolute atomic E-state index is 0.0829. The third-order valence-electron chi connectivity index (χ3n) is 5.98. The summed E-state index contributed by atoms with van der Waals surface area (Å²) in [5, 5.41) is 11.8. The molecule has 0 aliphatic carbocycles. The summed E-state index contributed by atoms with van der Waals surface area (Å²) in [5.74, 6) is -0.654. The van der Waals surface area contributed by atoms with Gasteiger partial charge in [-0.15, -0.1) is 0 Å². The van der Waals surface area contributed by atoms with Crippen molar-refractivity contribution in [3.05, 3.63) is 87.9 Å². The third kappa shape index (κ3) is 5.00. The van der Waals surface area contributed by atoms with Crippen molar-refractivity contribution in [1.82, 2.24) is 0 Å². The lowest BCUT2D eigenvalue weighted by Crippen LogP contribution is -2.29. The van der Waals surface area contributed by atoms with Gasteiger partial charge in [-0.05, 0) is 68.3 Å². The van der Waals surface area contributed by atoms with Gasteiger partial charge < -0.3 is 19.3 Å². The Balaban J connectivity index is 1.99. The molecule has 1 fully saturated rings. The zero-order valence-corrected chi connectivity index (χ0v) is 21.8. The highest BCUT2D eigenvalue weighted by Gasteiger charge is 2.47. The van der Waals surface area contributed by atoms with Crippen LogP contribution in [0.1, 0.15) is 36.6 Å². The third-order valence-corrected chi connectivity index (χ3v) is 6.26. The summed E-state index contributed by atoms with van der Waals surface area (Å²) in [6.45, 7) is 6.42. The van der Waals surface area contributed by atoms with E-state index in [0.717, 1.165) is 5.56 Å². The van der Waals surface area contributed by atoms with Gasteiger partial charge in [-0.1, -0.05) is 29.8 Å². The zero-order valence-electron chi connectivity index (χ0n) is 21.1. The summed E-state index contributed by atoms with van der Waals surface area (Å²) in [7, 11) is 1.42. The number of nitrogens with zero attached hydrogens (tertiary/aromatic N) is 1. The smallest absolute Gasteiger partial charge is 0.300 e. The highest BCUT2D eigenvalue weighted by molar-refractivity contribution is 6.51. The second kappa shape index (κ2) is 11.0. The van der Waals surface area contributed by atoms with Crippen LogP contribution in [0.15, 0.2) is 66.2 Å². The molecule has 37 heavy (non-hydrogen) atoms. The number of anilines is 1. The van der Waals surface area contributed by atoms with Crippen LogP contribution in [0.5, 0.6) is 17.2 Å². The van der Waals surface area contributed by atoms with E-state index in [1.54, 1.807) is 60.7 Å². The topological polar surface area (TPSA) is 85.3 Å². The van der Waals surface area contributed by atoms with E-state index in [4.69, 9.17) is 25.8 Å². The maximum Gasteiger partial charge on any atom is 0.300 e. The van der Waals surface area contributed by atoms with Crippen LogP contribution in [-0.2, 0) is 9.59 Å². The Bertz CT molecular complexity index is 1380. The molecule has 1 saturated heterocycles. The Morgan fingerprint density at radius 3 is 2.27 bits per heavy atom. The predicted molar refractivity (Wildman–Crippen MR) is 143 cm³/mol. The first kappa shape index (κ1) is 26.1. The second-order valence-electron chi connectivity index (χ2n) is 8.43. The van der Waals surface area contributed by atoms with Gasteiger partial charge in [0.05, 0.1) is 42.5 Å². The molecule has 192 valence electrons. The number of aryl methyl sites for hydroxylation is 1. The molecule has 1 aliphatic heterocycles. The number of amides is 1. The van der Waals surface area contributed by atoms with Gasteiger partial charge in [0.15, 0.2) is 0 Å². The second-order valence-corrected chi connectivity index (χ2v) is 8.84. The molecule has 3 aromatic rings. The number of ether oxygens (including phenoxy) is 3. The highest BCUT2D eigenvalue weighted by atomic mass is 35.5. The van der Waals surface area contributed by atoms with Crippen LogP contribution in [0.3, 0.4) is 0 Å². The van der Waals surface area contributed by atoms with Gasteiger partial charge >= 0.3 is 0 Å². The minimum Gasteiger partial charge on any atom is -0.507 e. The number of Topliss-reactive ketones (excluding diaryl/α,β-unsaturated/α-hetero) is 1. The number of ketones is 1. The molecule has 1 unspecified atom stereocenters. The average molecular weight is 522 g/mol. The number of carbonyl (C=O) groups is 2. The van der Waals surface area contributed by atoms with Crippen LogP contribution < -0.4 is 19.1 Å². The summed E-state index contributed by atoms with van der Waals surface area (Å²) < 4.78 is 16.7. The van der Waals surface area contributed by atoms with Crippen LogP contribution in [0.4, 0.5) is 5.69 Å². The van der Waals surface area contributed by atoms with E-state index in [1.807, 2.05) is 20.8 Å². The standard InChI is InChI=1S/C29H28ClNO6/c1-5-36-20-11-7-9-18(15-20)25-24(26(32)22-13-17(3)14-23(30)28(22)35-4)27(33)29(34)31(25)19-10-8-12-21(16-19)37-6-2/h7-16,25,32H,5-6H2,1-4H3/b26-24+. The van der Waals surface area contributed by atoms with Crippen molar-refractivity contribution in [2.24, 2.45) is 0 Å². The van der Waals surface area contributed by atoms with Crippen LogP contribution in [0.25, 0.3) is 5.76 Å². The van der Waals surface area contributed by atoms with Crippen molar-refractivity contribution in [2.75, 3.05) is 25.2 Å². The SMILES string of the molecule is CCOc1cccc(C2/C(=C(\O)c3cc(C)cc(Cl)c3OC)C(=O)C(=O)N2c2cccc(OCC)c2)c1. The minimum atomic E-state index is -0.943. The molecule has 0 aromatic heterocycles. The molecule has 0 radical (unpaired) electrons. The van der Waals surface area contributed by atoms with Crippen molar-refractivity contribution >= 4 is 34.7 Å². The summed E-state index contributed by atoms with van der Waals surface area (Å²) in [4.78, 5) is 28.4. The van der Waals surface area contributed by atoms with E-state index in [1.165, 1.54) is 12.0 Å².